The van der Waals surface area contributed by atoms with E-state index in [0.717, 1.165) is 70.6 Å². The zero-order valence-corrected chi connectivity index (χ0v) is 44.4. The lowest BCUT2D eigenvalue weighted by Gasteiger charge is -2.19. The van der Waals surface area contributed by atoms with E-state index in [4.69, 9.17) is 32.5 Å². The highest BCUT2D eigenvalue weighted by molar-refractivity contribution is 7.48. The number of ether oxygens (including phenoxy) is 4. The highest BCUT2D eigenvalue weighted by Gasteiger charge is 2.33. The number of carbonyl (C=O) groups is 4. The maximum atomic E-state index is 13.1. The summed E-state index contributed by atoms with van der Waals surface area (Å²) in [6, 6.07) is 0. The van der Waals surface area contributed by atoms with Crippen molar-refractivity contribution in [1.82, 2.24) is 0 Å². The first kappa shape index (κ1) is 63.0. The van der Waals surface area contributed by atoms with E-state index in [1.54, 1.807) is 0 Å². The fourth-order valence-electron chi connectivity index (χ4n) is 8.50. The Bertz CT molecular complexity index is 1200. The maximum absolute atomic E-state index is 13.1. The van der Waals surface area contributed by atoms with Crippen LogP contribution >= 0.6 is 7.82 Å². The average Bonchev–Trinajstić information content (AvgIpc) is 3.76. The number of phosphoric acid groups is 1. The lowest BCUT2D eigenvalue weighted by Crippen LogP contribution is -2.25. The zero-order valence-electron chi connectivity index (χ0n) is 43.5. The number of phosphoric ester groups is 1. The molecule has 0 aliphatic carbocycles. The summed E-state index contributed by atoms with van der Waals surface area (Å²) in [7, 11) is -3.72. The first-order valence-electron chi connectivity index (χ1n) is 27.9. The lowest BCUT2D eigenvalue weighted by molar-refractivity contribution is -0.154. The minimum absolute atomic E-state index is 0.00750. The van der Waals surface area contributed by atoms with Crippen LogP contribution in [0.2, 0.25) is 0 Å². The van der Waals surface area contributed by atoms with Crippen LogP contribution in [-0.4, -0.2) is 69.6 Å². The molecule has 0 unspecified atom stereocenters. The first-order valence-corrected chi connectivity index (χ1v) is 29.4. The summed E-state index contributed by atoms with van der Waals surface area (Å²) < 4.78 is 50.9. The van der Waals surface area contributed by atoms with Crippen LogP contribution < -0.4 is 0 Å². The molecule has 1 aliphatic rings. The monoisotopic (exact) mass is 973 g/mol. The SMILES string of the molecule is CCCCCCCCC(CCCCCCCC)C(=O)OCCCCCC(=O)OCC[C@H](COP1(=O)OCCO1)OC(=O)CCCCCOC(=O)C(CCCCCCCC)CCCCCCCC. The smallest absolute Gasteiger partial charge is 0.466 e. The van der Waals surface area contributed by atoms with E-state index < -0.39 is 19.9 Å². The molecule has 0 aromatic rings. The molecule has 1 heterocycles. The van der Waals surface area contributed by atoms with Crippen molar-refractivity contribution in [3.63, 3.8) is 0 Å². The van der Waals surface area contributed by atoms with Crippen molar-refractivity contribution in [2.45, 2.75) is 271 Å². The summed E-state index contributed by atoms with van der Waals surface area (Å²) in [6.07, 6.45) is 36.1. The van der Waals surface area contributed by atoms with Crippen LogP contribution in [0.15, 0.2) is 0 Å². The van der Waals surface area contributed by atoms with Gasteiger partial charge in [-0.25, -0.2) is 4.57 Å². The maximum Gasteiger partial charge on any atom is 0.475 e. The summed E-state index contributed by atoms with van der Waals surface area (Å²) in [5.74, 6) is -1.04. The molecule has 0 amide bonds. The zero-order chi connectivity index (χ0) is 48.9. The van der Waals surface area contributed by atoms with E-state index in [0.29, 0.717) is 45.3 Å². The second-order valence-electron chi connectivity index (χ2n) is 19.1. The Hall–Kier alpha value is -2.01. The summed E-state index contributed by atoms with van der Waals surface area (Å²) in [6.45, 7) is 9.64. The summed E-state index contributed by atoms with van der Waals surface area (Å²) in [5.41, 5.74) is 0. The van der Waals surface area contributed by atoms with Crippen LogP contribution in [0.4, 0.5) is 0 Å². The highest BCUT2D eigenvalue weighted by Crippen LogP contribution is 2.52. The lowest BCUT2D eigenvalue weighted by atomic mass is 9.94. The van der Waals surface area contributed by atoms with Crippen LogP contribution in [0.3, 0.4) is 0 Å². The van der Waals surface area contributed by atoms with E-state index in [1.807, 2.05) is 0 Å². The number of hydrogen-bond donors (Lipinski definition) is 0. The Morgan fingerprint density at radius 2 is 0.776 bits per heavy atom. The minimum atomic E-state index is -3.72. The molecule has 12 nitrogen and oxygen atoms in total. The molecule has 0 saturated carbocycles. The normalized spacial score (nSPS) is 13.9. The predicted octanol–water partition coefficient (Wildman–Crippen LogP) is 15.4. The van der Waals surface area contributed by atoms with Crippen molar-refractivity contribution in [3.8, 4) is 0 Å². The van der Waals surface area contributed by atoms with Gasteiger partial charge in [0.15, 0.2) is 0 Å². The van der Waals surface area contributed by atoms with Gasteiger partial charge in [-0.1, -0.05) is 182 Å². The Kier molecular flexibility index (Phi) is 42.5. The largest absolute Gasteiger partial charge is 0.475 e. The molecule has 1 rings (SSSR count). The summed E-state index contributed by atoms with van der Waals surface area (Å²) in [4.78, 5) is 51.6. The molecule has 1 atom stereocenters. The molecule has 0 aromatic carbocycles. The Balaban J connectivity index is 2.44. The van der Waals surface area contributed by atoms with E-state index in [1.165, 1.54) is 116 Å². The Morgan fingerprint density at radius 1 is 0.418 bits per heavy atom. The van der Waals surface area contributed by atoms with Crippen molar-refractivity contribution in [2.75, 3.05) is 39.6 Å². The number of rotatable bonds is 49. The number of hydrogen-bond acceptors (Lipinski definition) is 12. The van der Waals surface area contributed by atoms with Crippen LogP contribution in [0.25, 0.3) is 0 Å². The quantitative estimate of drug-likeness (QED) is 0.0247. The van der Waals surface area contributed by atoms with Gasteiger partial charge in [-0.3, -0.25) is 32.7 Å². The molecule has 1 aliphatic heterocycles. The molecule has 0 radical (unpaired) electrons. The van der Waals surface area contributed by atoms with Crippen LogP contribution in [-0.2, 0) is 56.3 Å². The molecule has 0 spiro atoms. The van der Waals surface area contributed by atoms with E-state index >= 15 is 0 Å². The molecule has 1 fully saturated rings. The van der Waals surface area contributed by atoms with Gasteiger partial charge in [-0.2, -0.15) is 0 Å². The van der Waals surface area contributed by atoms with Gasteiger partial charge in [0.05, 0.1) is 51.5 Å². The van der Waals surface area contributed by atoms with Crippen molar-refractivity contribution in [2.24, 2.45) is 11.8 Å². The average molecular weight is 973 g/mol. The molecule has 0 N–H and O–H groups in total. The van der Waals surface area contributed by atoms with Crippen LogP contribution in [0, 0.1) is 11.8 Å². The van der Waals surface area contributed by atoms with Crippen molar-refractivity contribution in [3.05, 3.63) is 0 Å². The van der Waals surface area contributed by atoms with Gasteiger partial charge in [-0.15, -0.1) is 0 Å². The van der Waals surface area contributed by atoms with Gasteiger partial charge >= 0.3 is 31.7 Å². The third-order valence-corrected chi connectivity index (χ3v) is 14.3. The van der Waals surface area contributed by atoms with E-state index in [9.17, 15) is 23.7 Å². The van der Waals surface area contributed by atoms with E-state index in [-0.39, 0.29) is 75.4 Å². The summed E-state index contributed by atoms with van der Waals surface area (Å²) >= 11 is 0. The van der Waals surface area contributed by atoms with Gasteiger partial charge in [0, 0.05) is 19.3 Å². The van der Waals surface area contributed by atoms with Gasteiger partial charge in [0.25, 0.3) is 0 Å². The van der Waals surface area contributed by atoms with Gasteiger partial charge in [0.2, 0.25) is 0 Å². The molecule has 0 bridgehead atoms. The molecule has 13 heteroatoms. The number of esters is 4. The van der Waals surface area contributed by atoms with Crippen molar-refractivity contribution < 1.29 is 56.3 Å². The summed E-state index contributed by atoms with van der Waals surface area (Å²) in [5, 5.41) is 0. The van der Waals surface area contributed by atoms with Crippen LogP contribution in [0.1, 0.15) is 265 Å². The third kappa shape index (κ3) is 37.5. The second-order valence-corrected chi connectivity index (χ2v) is 20.8. The third-order valence-electron chi connectivity index (χ3n) is 12.8. The van der Waals surface area contributed by atoms with Crippen molar-refractivity contribution >= 4 is 31.7 Å². The predicted molar refractivity (Wildman–Crippen MR) is 269 cm³/mol. The minimum Gasteiger partial charge on any atom is -0.466 e. The Labute approximate surface area is 409 Å². The van der Waals surface area contributed by atoms with Gasteiger partial charge < -0.3 is 18.9 Å². The molecule has 0 aromatic heterocycles. The second kappa shape index (κ2) is 45.1. The van der Waals surface area contributed by atoms with Crippen LogP contribution in [0.5, 0.6) is 0 Å². The highest BCUT2D eigenvalue weighted by atomic mass is 31.2. The van der Waals surface area contributed by atoms with Gasteiger partial charge in [-0.05, 0) is 64.2 Å². The molecule has 394 valence electrons. The molecular weight excluding hydrogens is 872 g/mol. The van der Waals surface area contributed by atoms with Crippen molar-refractivity contribution in [1.29, 1.82) is 0 Å². The fraction of sp³-hybridized carbons (Fsp3) is 0.926. The number of carbonyl (C=O) groups excluding carboxylic acids is 4. The topological polar surface area (TPSA) is 150 Å². The molecular formula is C54H101O12P. The number of unbranched alkanes of at least 4 members (excludes halogenated alkanes) is 24. The molecule has 67 heavy (non-hydrogen) atoms. The van der Waals surface area contributed by atoms with Gasteiger partial charge in [0.1, 0.15) is 6.10 Å². The Morgan fingerprint density at radius 3 is 1.18 bits per heavy atom. The standard InChI is InChI=1S/C54H101O12P/c1-5-9-13-17-21-27-35-48(36-28-22-18-14-10-6-2)53(57)61-42-33-25-31-39-51(55)60-44-41-50(47-65-67(59)63-45-46-64-67)66-52(56)40-32-26-34-43-62-54(58)49(37-29-23-19-15-11-7-3)38-30-24-20-16-12-8-4/h48-50H,5-47H2,1-4H3/t50-/m1/s1. The fourth-order valence-corrected chi connectivity index (χ4v) is 9.67. The van der Waals surface area contributed by atoms with E-state index in [2.05, 4.69) is 27.7 Å². The first-order chi connectivity index (χ1) is 32.7. The molecule has 1 saturated heterocycles.